The number of nitriles is 1. The van der Waals surface area contributed by atoms with Gasteiger partial charge in [-0.3, -0.25) is 4.79 Å². The van der Waals surface area contributed by atoms with Crippen molar-refractivity contribution >= 4 is 5.91 Å². The summed E-state index contributed by atoms with van der Waals surface area (Å²) in [5.74, 6) is 0.167. The molecule has 1 aliphatic rings. The molecule has 0 aliphatic heterocycles. The van der Waals surface area contributed by atoms with Gasteiger partial charge in [-0.05, 0) is 30.9 Å². The number of amides is 1. The Morgan fingerprint density at radius 3 is 3.05 bits per heavy atom. The molecule has 1 aliphatic carbocycles. The number of aromatic nitrogens is 1. The Balaban J connectivity index is 1.92. The molecule has 1 aromatic rings. The fourth-order valence-electron chi connectivity index (χ4n) is 2.72. The molecule has 1 heterocycles. The zero-order valence-electron chi connectivity index (χ0n) is 11.6. The van der Waals surface area contributed by atoms with Crippen LogP contribution in [0.4, 0.5) is 0 Å². The summed E-state index contributed by atoms with van der Waals surface area (Å²) in [6, 6.07) is 5.02. The minimum absolute atomic E-state index is 0.248. The van der Waals surface area contributed by atoms with Crippen LogP contribution in [0.15, 0.2) is 18.3 Å². The lowest BCUT2D eigenvalue weighted by Gasteiger charge is -2.35. The van der Waals surface area contributed by atoms with E-state index >= 15 is 0 Å². The third-order valence-corrected chi connectivity index (χ3v) is 3.77. The Hall–Kier alpha value is -1.93. The molecule has 0 saturated heterocycles. The molecule has 5 heteroatoms. The first-order valence-corrected chi connectivity index (χ1v) is 6.89. The van der Waals surface area contributed by atoms with Crippen molar-refractivity contribution in [3.8, 4) is 6.07 Å². The van der Waals surface area contributed by atoms with Crippen LogP contribution in [-0.4, -0.2) is 28.1 Å². The van der Waals surface area contributed by atoms with Crippen molar-refractivity contribution in [2.75, 3.05) is 6.54 Å². The van der Waals surface area contributed by atoms with E-state index in [1.807, 2.05) is 6.07 Å². The summed E-state index contributed by atoms with van der Waals surface area (Å²) in [4.78, 5) is 15.9. The SMILES string of the molecule is CC1CCCC(O)(CNC(=O)c2ccc(C#N)cn2)C1. The summed E-state index contributed by atoms with van der Waals surface area (Å²) in [6.45, 7) is 2.37. The Kier molecular flexibility index (Phi) is 4.35. The standard InChI is InChI=1S/C15H19N3O2/c1-11-3-2-6-15(20,7-11)10-18-14(19)13-5-4-12(8-16)9-17-13/h4-5,9,11,20H,2-3,6-7,10H2,1H3,(H,18,19). The Morgan fingerprint density at radius 2 is 2.45 bits per heavy atom. The number of rotatable bonds is 3. The van der Waals surface area contributed by atoms with Gasteiger partial charge in [-0.1, -0.05) is 19.8 Å². The van der Waals surface area contributed by atoms with Gasteiger partial charge in [0, 0.05) is 12.7 Å². The number of aliphatic hydroxyl groups is 1. The zero-order chi connectivity index (χ0) is 14.6. The molecule has 0 radical (unpaired) electrons. The molecule has 0 bridgehead atoms. The van der Waals surface area contributed by atoms with E-state index in [2.05, 4.69) is 17.2 Å². The molecule has 20 heavy (non-hydrogen) atoms. The van der Waals surface area contributed by atoms with Crippen LogP contribution in [0.25, 0.3) is 0 Å². The maximum atomic E-state index is 11.9. The van der Waals surface area contributed by atoms with Gasteiger partial charge >= 0.3 is 0 Å². The van der Waals surface area contributed by atoms with E-state index in [4.69, 9.17) is 5.26 Å². The van der Waals surface area contributed by atoms with Crippen LogP contribution in [0.1, 0.15) is 48.7 Å². The summed E-state index contributed by atoms with van der Waals surface area (Å²) in [6.07, 6.45) is 4.93. The molecule has 0 aromatic carbocycles. The average Bonchev–Trinajstić information content (AvgIpc) is 2.45. The summed E-state index contributed by atoms with van der Waals surface area (Å²) < 4.78 is 0. The second-order valence-electron chi connectivity index (χ2n) is 5.65. The lowest BCUT2D eigenvalue weighted by molar-refractivity contribution is -0.0109. The molecule has 106 valence electrons. The van der Waals surface area contributed by atoms with Crippen LogP contribution in [0, 0.1) is 17.2 Å². The van der Waals surface area contributed by atoms with Crippen molar-refractivity contribution in [2.24, 2.45) is 5.92 Å². The fourth-order valence-corrected chi connectivity index (χ4v) is 2.72. The van der Waals surface area contributed by atoms with E-state index in [1.165, 1.54) is 12.3 Å². The molecule has 2 unspecified atom stereocenters. The van der Waals surface area contributed by atoms with Crippen molar-refractivity contribution in [3.63, 3.8) is 0 Å². The number of pyridine rings is 1. The molecule has 2 atom stereocenters. The molecular formula is C15H19N3O2. The van der Waals surface area contributed by atoms with Crippen molar-refractivity contribution in [1.29, 1.82) is 5.26 Å². The van der Waals surface area contributed by atoms with Crippen LogP contribution >= 0.6 is 0 Å². The first-order chi connectivity index (χ1) is 9.52. The van der Waals surface area contributed by atoms with Gasteiger partial charge in [0.2, 0.25) is 0 Å². The molecule has 1 fully saturated rings. The molecule has 0 spiro atoms. The highest BCUT2D eigenvalue weighted by molar-refractivity contribution is 5.92. The van der Waals surface area contributed by atoms with Crippen molar-refractivity contribution in [2.45, 2.75) is 38.2 Å². The van der Waals surface area contributed by atoms with E-state index < -0.39 is 5.60 Å². The van der Waals surface area contributed by atoms with E-state index in [0.717, 1.165) is 19.3 Å². The highest BCUT2D eigenvalue weighted by atomic mass is 16.3. The maximum Gasteiger partial charge on any atom is 0.269 e. The van der Waals surface area contributed by atoms with E-state index in [9.17, 15) is 9.90 Å². The third-order valence-electron chi connectivity index (χ3n) is 3.77. The predicted octanol–water partition coefficient (Wildman–Crippen LogP) is 1.62. The molecule has 5 nitrogen and oxygen atoms in total. The van der Waals surface area contributed by atoms with Crippen LogP contribution in [0.2, 0.25) is 0 Å². The second kappa shape index (κ2) is 6.02. The molecule has 2 N–H and O–H groups in total. The highest BCUT2D eigenvalue weighted by Gasteiger charge is 2.32. The number of hydrogen-bond donors (Lipinski definition) is 2. The first-order valence-electron chi connectivity index (χ1n) is 6.89. The van der Waals surface area contributed by atoms with E-state index in [0.29, 0.717) is 17.9 Å². The van der Waals surface area contributed by atoms with Gasteiger partial charge in [0.1, 0.15) is 11.8 Å². The number of hydrogen-bond acceptors (Lipinski definition) is 4. The van der Waals surface area contributed by atoms with Gasteiger partial charge in [0.25, 0.3) is 5.91 Å². The molecule has 1 aromatic heterocycles. The average molecular weight is 273 g/mol. The third kappa shape index (κ3) is 3.55. The molecular weight excluding hydrogens is 254 g/mol. The van der Waals surface area contributed by atoms with E-state index in [1.54, 1.807) is 6.07 Å². The zero-order valence-corrected chi connectivity index (χ0v) is 11.6. The Morgan fingerprint density at radius 1 is 1.65 bits per heavy atom. The largest absolute Gasteiger partial charge is 0.388 e. The second-order valence-corrected chi connectivity index (χ2v) is 5.65. The lowest BCUT2D eigenvalue weighted by Crippen LogP contribution is -2.45. The summed E-state index contributed by atoms with van der Waals surface area (Å²) in [7, 11) is 0. The van der Waals surface area contributed by atoms with Gasteiger partial charge in [0.15, 0.2) is 0 Å². The summed E-state index contributed by atoms with van der Waals surface area (Å²) in [5, 5.41) is 21.9. The maximum absolute atomic E-state index is 11.9. The smallest absolute Gasteiger partial charge is 0.269 e. The van der Waals surface area contributed by atoms with Gasteiger partial charge in [-0.25, -0.2) is 4.98 Å². The van der Waals surface area contributed by atoms with Crippen molar-refractivity contribution in [3.05, 3.63) is 29.6 Å². The summed E-state index contributed by atoms with van der Waals surface area (Å²) in [5.41, 5.74) is -0.127. The topological polar surface area (TPSA) is 86.0 Å². The molecule has 1 amide bonds. The van der Waals surface area contributed by atoms with Crippen molar-refractivity contribution < 1.29 is 9.90 Å². The Bertz CT molecular complexity index is 521. The highest BCUT2D eigenvalue weighted by Crippen LogP contribution is 2.31. The minimum Gasteiger partial charge on any atom is -0.388 e. The van der Waals surface area contributed by atoms with Crippen LogP contribution in [0.5, 0.6) is 0 Å². The van der Waals surface area contributed by atoms with Crippen LogP contribution in [-0.2, 0) is 0 Å². The normalized spacial score (nSPS) is 25.8. The predicted molar refractivity (Wildman–Crippen MR) is 73.9 cm³/mol. The fraction of sp³-hybridized carbons (Fsp3) is 0.533. The van der Waals surface area contributed by atoms with Gasteiger partial charge in [-0.15, -0.1) is 0 Å². The quantitative estimate of drug-likeness (QED) is 0.876. The van der Waals surface area contributed by atoms with Crippen LogP contribution in [0.3, 0.4) is 0 Å². The van der Waals surface area contributed by atoms with Gasteiger partial charge in [0.05, 0.1) is 11.2 Å². The minimum atomic E-state index is -0.806. The van der Waals surface area contributed by atoms with Gasteiger partial charge < -0.3 is 10.4 Å². The molecule has 2 rings (SSSR count). The Labute approximate surface area is 118 Å². The molecule has 1 saturated carbocycles. The number of carbonyl (C=O) groups is 1. The van der Waals surface area contributed by atoms with Gasteiger partial charge in [-0.2, -0.15) is 5.26 Å². The van der Waals surface area contributed by atoms with Crippen LogP contribution < -0.4 is 5.32 Å². The number of carbonyl (C=O) groups excluding carboxylic acids is 1. The van der Waals surface area contributed by atoms with Crippen molar-refractivity contribution in [1.82, 2.24) is 10.3 Å². The summed E-state index contributed by atoms with van der Waals surface area (Å²) >= 11 is 0. The monoisotopic (exact) mass is 273 g/mol. The van der Waals surface area contributed by atoms with E-state index in [-0.39, 0.29) is 18.1 Å². The first kappa shape index (κ1) is 14.5. The lowest BCUT2D eigenvalue weighted by atomic mass is 9.79. The number of nitrogens with one attached hydrogen (secondary N) is 1. The number of nitrogens with zero attached hydrogens (tertiary/aromatic N) is 2.